The molecule has 0 spiro atoms. The van der Waals surface area contributed by atoms with Gasteiger partial charge in [0.2, 0.25) is 5.91 Å². The highest BCUT2D eigenvalue weighted by Gasteiger charge is 2.21. The monoisotopic (exact) mass is 378 g/mol. The highest BCUT2D eigenvalue weighted by atomic mass is 16.2. The average Bonchev–Trinajstić information content (AvgIpc) is 3.39. The van der Waals surface area contributed by atoms with Crippen LogP contribution in [0.1, 0.15) is 47.2 Å². The number of amides is 2. The number of anilines is 1. The van der Waals surface area contributed by atoms with Gasteiger partial charge in [-0.25, -0.2) is 0 Å². The fourth-order valence-corrected chi connectivity index (χ4v) is 4.11. The highest BCUT2D eigenvalue weighted by Crippen LogP contribution is 2.21. The maximum atomic E-state index is 12.4. The van der Waals surface area contributed by atoms with E-state index in [1.807, 2.05) is 12.1 Å². The van der Waals surface area contributed by atoms with E-state index in [-0.39, 0.29) is 11.8 Å². The normalized spacial score (nSPS) is 17.3. The molecule has 2 aliphatic rings. The van der Waals surface area contributed by atoms with Crippen LogP contribution in [0.15, 0.2) is 48.5 Å². The molecule has 5 heteroatoms. The first-order valence-corrected chi connectivity index (χ1v) is 10.3. The molecule has 2 N–H and O–H groups in total. The van der Waals surface area contributed by atoms with Crippen LogP contribution in [0, 0.1) is 0 Å². The largest absolute Gasteiger partial charge is 0.348 e. The van der Waals surface area contributed by atoms with Crippen LogP contribution in [0.2, 0.25) is 0 Å². The Bertz CT molecular complexity index is 824. The lowest BCUT2D eigenvalue weighted by molar-refractivity contribution is -0.901. The zero-order valence-corrected chi connectivity index (χ0v) is 16.2. The van der Waals surface area contributed by atoms with Gasteiger partial charge in [0.25, 0.3) is 5.91 Å². The molecule has 2 fully saturated rings. The Labute approximate surface area is 166 Å². The first-order chi connectivity index (χ1) is 13.7. The van der Waals surface area contributed by atoms with Crippen molar-refractivity contribution in [3.8, 4) is 0 Å². The summed E-state index contributed by atoms with van der Waals surface area (Å²) in [6.45, 7) is 4.94. The summed E-state index contributed by atoms with van der Waals surface area (Å²) in [4.78, 5) is 27.7. The second kappa shape index (κ2) is 8.57. The van der Waals surface area contributed by atoms with E-state index < -0.39 is 0 Å². The first kappa shape index (κ1) is 18.7. The molecule has 146 valence electrons. The minimum atomic E-state index is -0.0927. The maximum Gasteiger partial charge on any atom is 0.251 e. The lowest BCUT2D eigenvalue weighted by atomic mass is 10.1. The number of likely N-dealkylation sites (tertiary alicyclic amines) is 1. The average molecular weight is 378 g/mol. The summed E-state index contributed by atoms with van der Waals surface area (Å²) in [6.07, 6.45) is 4.20. The number of carbonyl (C=O) groups excluding carboxylic acids is 2. The van der Waals surface area contributed by atoms with E-state index in [1.165, 1.54) is 31.5 Å². The first-order valence-electron chi connectivity index (χ1n) is 10.3. The summed E-state index contributed by atoms with van der Waals surface area (Å²) >= 11 is 0. The van der Waals surface area contributed by atoms with Crippen molar-refractivity contribution in [2.75, 3.05) is 24.5 Å². The molecule has 2 heterocycles. The van der Waals surface area contributed by atoms with Crippen molar-refractivity contribution in [3.05, 3.63) is 65.2 Å². The van der Waals surface area contributed by atoms with Crippen LogP contribution < -0.4 is 15.1 Å². The molecule has 2 aromatic carbocycles. The van der Waals surface area contributed by atoms with Crippen LogP contribution in [0.5, 0.6) is 0 Å². The Morgan fingerprint density at radius 3 is 2.25 bits per heavy atom. The van der Waals surface area contributed by atoms with E-state index in [0.717, 1.165) is 30.8 Å². The molecule has 2 aromatic rings. The van der Waals surface area contributed by atoms with Crippen molar-refractivity contribution < 1.29 is 14.5 Å². The number of nitrogens with zero attached hydrogens (tertiary/aromatic N) is 1. The number of quaternary nitrogens is 1. The number of benzene rings is 2. The predicted molar refractivity (Wildman–Crippen MR) is 109 cm³/mol. The minimum absolute atomic E-state index is 0.0927. The van der Waals surface area contributed by atoms with Gasteiger partial charge in [-0.05, 0) is 36.2 Å². The van der Waals surface area contributed by atoms with Gasteiger partial charge in [-0.2, -0.15) is 0 Å². The van der Waals surface area contributed by atoms with E-state index >= 15 is 0 Å². The quantitative estimate of drug-likeness (QED) is 0.807. The molecular weight excluding hydrogens is 350 g/mol. The predicted octanol–water partition coefficient (Wildman–Crippen LogP) is 1.92. The lowest BCUT2D eigenvalue weighted by Gasteiger charge is -2.16. The molecular formula is C23H28N3O2+. The van der Waals surface area contributed by atoms with Crippen LogP contribution in [-0.4, -0.2) is 31.4 Å². The number of hydrogen-bond acceptors (Lipinski definition) is 2. The second-order valence-corrected chi connectivity index (χ2v) is 7.83. The summed E-state index contributed by atoms with van der Waals surface area (Å²) in [7, 11) is 0. The van der Waals surface area contributed by atoms with Gasteiger partial charge < -0.3 is 15.1 Å². The Hall–Kier alpha value is -2.66. The molecule has 0 radical (unpaired) electrons. The van der Waals surface area contributed by atoms with Gasteiger partial charge in [-0.1, -0.05) is 24.3 Å². The van der Waals surface area contributed by atoms with Crippen LogP contribution in [0.3, 0.4) is 0 Å². The minimum Gasteiger partial charge on any atom is -0.348 e. The van der Waals surface area contributed by atoms with Gasteiger partial charge in [-0.3, -0.25) is 9.59 Å². The van der Waals surface area contributed by atoms with E-state index in [2.05, 4.69) is 29.6 Å². The van der Waals surface area contributed by atoms with E-state index in [0.29, 0.717) is 18.5 Å². The van der Waals surface area contributed by atoms with Crippen molar-refractivity contribution in [1.82, 2.24) is 5.32 Å². The van der Waals surface area contributed by atoms with Gasteiger partial charge in [0.15, 0.2) is 0 Å². The van der Waals surface area contributed by atoms with Crippen LogP contribution in [-0.2, 0) is 17.9 Å². The molecule has 28 heavy (non-hydrogen) atoms. The summed E-state index contributed by atoms with van der Waals surface area (Å²) < 4.78 is 0. The molecule has 2 amide bonds. The van der Waals surface area contributed by atoms with Gasteiger partial charge in [-0.15, -0.1) is 0 Å². The number of hydrogen-bond donors (Lipinski definition) is 2. The molecule has 5 nitrogen and oxygen atoms in total. The second-order valence-electron chi connectivity index (χ2n) is 7.83. The third-order valence-electron chi connectivity index (χ3n) is 5.76. The number of nitrogens with one attached hydrogen (secondary N) is 2. The zero-order valence-electron chi connectivity index (χ0n) is 16.2. The molecule has 2 aliphatic heterocycles. The van der Waals surface area contributed by atoms with E-state index in [9.17, 15) is 9.59 Å². The Morgan fingerprint density at radius 2 is 1.61 bits per heavy atom. The summed E-state index contributed by atoms with van der Waals surface area (Å²) in [5.41, 5.74) is 3.95. The SMILES string of the molecule is O=C(NCc1ccc(C[NH+]2CCCC2)cc1)c1ccc(N2CCCC2=O)cc1. The van der Waals surface area contributed by atoms with Gasteiger partial charge in [0.1, 0.15) is 6.54 Å². The van der Waals surface area contributed by atoms with Crippen molar-refractivity contribution in [2.45, 2.75) is 38.8 Å². The molecule has 4 rings (SSSR count). The van der Waals surface area contributed by atoms with Crippen molar-refractivity contribution in [3.63, 3.8) is 0 Å². The van der Waals surface area contributed by atoms with Crippen molar-refractivity contribution >= 4 is 17.5 Å². The Kier molecular flexibility index (Phi) is 5.72. The zero-order chi connectivity index (χ0) is 19.3. The molecule has 0 bridgehead atoms. The van der Waals surface area contributed by atoms with Crippen LogP contribution >= 0.6 is 0 Å². The lowest BCUT2D eigenvalue weighted by Crippen LogP contribution is -3.08. The summed E-state index contributed by atoms with van der Waals surface area (Å²) in [5, 5.41) is 2.98. The van der Waals surface area contributed by atoms with Crippen molar-refractivity contribution in [1.29, 1.82) is 0 Å². The molecule has 0 saturated carbocycles. The Morgan fingerprint density at radius 1 is 0.929 bits per heavy atom. The van der Waals surface area contributed by atoms with Crippen molar-refractivity contribution in [2.24, 2.45) is 0 Å². The molecule has 0 atom stereocenters. The third kappa shape index (κ3) is 4.42. The maximum absolute atomic E-state index is 12.4. The van der Waals surface area contributed by atoms with Gasteiger partial charge >= 0.3 is 0 Å². The molecule has 0 unspecified atom stereocenters. The number of rotatable bonds is 6. The standard InChI is InChI=1S/C23H27N3O2/c27-22-4-3-15-26(22)21-11-9-20(10-12-21)23(28)24-16-18-5-7-19(8-6-18)17-25-13-1-2-14-25/h5-12H,1-4,13-17H2,(H,24,28)/p+1. The van der Waals surface area contributed by atoms with Gasteiger partial charge in [0.05, 0.1) is 13.1 Å². The number of carbonyl (C=O) groups is 2. The third-order valence-corrected chi connectivity index (χ3v) is 5.76. The summed E-state index contributed by atoms with van der Waals surface area (Å²) in [6, 6.07) is 15.8. The van der Waals surface area contributed by atoms with Gasteiger partial charge in [0, 0.05) is 49.2 Å². The van der Waals surface area contributed by atoms with E-state index in [4.69, 9.17) is 0 Å². The van der Waals surface area contributed by atoms with E-state index in [1.54, 1.807) is 21.9 Å². The smallest absolute Gasteiger partial charge is 0.251 e. The molecule has 0 aliphatic carbocycles. The molecule has 2 saturated heterocycles. The fourth-order valence-electron chi connectivity index (χ4n) is 4.11. The highest BCUT2D eigenvalue weighted by molar-refractivity contribution is 5.97. The fraction of sp³-hybridized carbons (Fsp3) is 0.391. The molecule has 0 aromatic heterocycles. The van der Waals surface area contributed by atoms with Crippen LogP contribution in [0.25, 0.3) is 0 Å². The van der Waals surface area contributed by atoms with Crippen LogP contribution in [0.4, 0.5) is 5.69 Å². The Balaban J connectivity index is 1.29. The summed E-state index contributed by atoms with van der Waals surface area (Å²) in [5.74, 6) is 0.0665. The topological polar surface area (TPSA) is 53.9 Å².